The second kappa shape index (κ2) is 11.7. The summed E-state index contributed by atoms with van der Waals surface area (Å²) in [5.74, 6) is -0.111. The molecule has 0 bridgehead atoms. The molecule has 0 radical (unpaired) electrons. The van der Waals surface area contributed by atoms with E-state index in [0.717, 1.165) is 23.3 Å². The van der Waals surface area contributed by atoms with Gasteiger partial charge in [0.15, 0.2) is 11.5 Å². The summed E-state index contributed by atoms with van der Waals surface area (Å²) in [6.07, 6.45) is -3.47. The SMILES string of the molecule is CCOc1cc(C(c2ccc(C(F)(F)F)cc2)N2CCC(C(=O)O)CC2)ccc1OCc1ccccc1. The molecule has 0 spiro atoms. The van der Waals surface area contributed by atoms with E-state index in [-0.39, 0.29) is 6.04 Å². The van der Waals surface area contributed by atoms with Gasteiger partial charge in [0.1, 0.15) is 6.61 Å². The summed E-state index contributed by atoms with van der Waals surface area (Å²) in [6.45, 7) is 3.68. The van der Waals surface area contributed by atoms with E-state index in [9.17, 15) is 23.1 Å². The van der Waals surface area contributed by atoms with Crippen molar-refractivity contribution in [1.29, 1.82) is 0 Å². The molecule has 37 heavy (non-hydrogen) atoms. The van der Waals surface area contributed by atoms with Gasteiger partial charge in [-0.25, -0.2) is 0 Å². The number of benzene rings is 3. The molecule has 1 saturated heterocycles. The van der Waals surface area contributed by atoms with Gasteiger partial charge in [-0.3, -0.25) is 9.69 Å². The van der Waals surface area contributed by atoms with Crippen LogP contribution in [0.1, 0.15) is 48.1 Å². The number of alkyl halides is 3. The quantitative estimate of drug-likeness (QED) is 0.351. The number of carboxylic acids is 1. The third-order valence-corrected chi connectivity index (χ3v) is 6.62. The van der Waals surface area contributed by atoms with Gasteiger partial charge in [0.2, 0.25) is 0 Å². The van der Waals surface area contributed by atoms with E-state index in [1.54, 1.807) is 0 Å². The Morgan fingerprint density at radius 2 is 1.59 bits per heavy atom. The van der Waals surface area contributed by atoms with Crippen molar-refractivity contribution in [2.75, 3.05) is 19.7 Å². The lowest BCUT2D eigenvalue weighted by Gasteiger charge is -2.37. The Labute approximate surface area is 214 Å². The van der Waals surface area contributed by atoms with E-state index < -0.39 is 23.6 Å². The van der Waals surface area contributed by atoms with E-state index >= 15 is 0 Å². The highest BCUT2D eigenvalue weighted by atomic mass is 19.4. The summed E-state index contributed by atoms with van der Waals surface area (Å²) in [6, 6.07) is 20.2. The van der Waals surface area contributed by atoms with Gasteiger partial charge in [0.25, 0.3) is 0 Å². The lowest BCUT2D eigenvalue weighted by Crippen LogP contribution is -2.39. The highest BCUT2D eigenvalue weighted by Crippen LogP contribution is 2.39. The molecule has 0 aliphatic carbocycles. The number of aliphatic carboxylic acids is 1. The Bertz CT molecular complexity index is 1170. The van der Waals surface area contributed by atoms with Crippen molar-refractivity contribution >= 4 is 5.97 Å². The Morgan fingerprint density at radius 1 is 0.946 bits per heavy atom. The van der Waals surface area contributed by atoms with Crippen LogP contribution >= 0.6 is 0 Å². The zero-order chi connectivity index (χ0) is 26.4. The van der Waals surface area contributed by atoms with E-state index in [1.807, 2.05) is 55.5 Å². The van der Waals surface area contributed by atoms with Crippen molar-refractivity contribution in [3.63, 3.8) is 0 Å². The van der Waals surface area contributed by atoms with Crippen LogP contribution in [0.4, 0.5) is 13.2 Å². The summed E-state index contributed by atoms with van der Waals surface area (Å²) >= 11 is 0. The molecule has 1 unspecified atom stereocenters. The van der Waals surface area contributed by atoms with E-state index in [4.69, 9.17) is 9.47 Å². The predicted octanol–water partition coefficient (Wildman–Crippen LogP) is 6.57. The topological polar surface area (TPSA) is 59.0 Å². The van der Waals surface area contributed by atoms with Crippen molar-refractivity contribution in [3.8, 4) is 11.5 Å². The van der Waals surface area contributed by atoms with E-state index in [2.05, 4.69) is 4.90 Å². The van der Waals surface area contributed by atoms with Crippen LogP contribution in [0.2, 0.25) is 0 Å². The standard InChI is InChI=1S/C29H30F3NO4/c1-2-36-26-18-23(10-13-25(26)37-19-20-6-4-3-5-7-20)27(33-16-14-22(15-17-33)28(34)35)21-8-11-24(12-9-21)29(30,31)32/h3-13,18,22,27H,2,14-17,19H2,1H3,(H,34,35). The Hall–Kier alpha value is -3.52. The maximum absolute atomic E-state index is 13.2. The second-order valence-electron chi connectivity index (χ2n) is 9.08. The third-order valence-electron chi connectivity index (χ3n) is 6.62. The Balaban J connectivity index is 1.65. The number of ether oxygens (including phenoxy) is 2. The van der Waals surface area contributed by atoms with Crippen LogP contribution in [0.15, 0.2) is 72.8 Å². The number of carboxylic acid groups (broad SMARTS) is 1. The number of hydrogen-bond acceptors (Lipinski definition) is 4. The fourth-order valence-corrected chi connectivity index (χ4v) is 4.69. The summed E-state index contributed by atoms with van der Waals surface area (Å²) < 4.78 is 51.5. The highest BCUT2D eigenvalue weighted by Gasteiger charge is 2.33. The minimum absolute atomic E-state index is 0.362. The van der Waals surface area contributed by atoms with Crippen molar-refractivity contribution in [1.82, 2.24) is 4.90 Å². The number of nitrogens with zero attached hydrogens (tertiary/aromatic N) is 1. The fourth-order valence-electron chi connectivity index (χ4n) is 4.69. The lowest BCUT2D eigenvalue weighted by molar-refractivity contribution is -0.143. The number of rotatable bonds is 9. The molecule has 3 aromatic rings. The molecule has 1 N–H and O–H groups in total. The van der Waals surface area contributed by atoms with Gasteiger partial charge in [-0.1, -0.05) is 48.5 Å². The third kappa shape index (κ3) is 6.63. The monoisotopic (exact) mass is 513 g/mol. The Kier molecular flexibility index (Phi) is 8.38. The number of hydrogen-bond donors (Lipinski definition) is 1. The first-order valence-electron chi connectivity index (χ1n) is 12.3. The molecule has 5 nitrogen and oxygen atoms in total. The first-order chi connectivity index (χ1) is 17.8. The van der Waals surface area contributed by atoms with Crippen molar-refractivity contribution in [2.45, 2.75) is 38.6 Å². The number of likely N-dealkylation sites (tertiary alicyclic amines) is 1. The van der Waals surface area contributed by atoms with Gasteiger partial charge >= 0.3 is 12.1 Å². The smallest absolute Gasteiger partial charge is 0.416 e. The van der Waals surface area contributed by atoms with Crippen LogP contribution in [-0.4, -0.2) is 35.7 Å². The van der Waals surface area contributed by atoms with Gasteiger partial charge in [-0.05, 0) is 73.8 Å². The normalized spacial score (nSPS) is 15.8. The number of piperidine rings is 1. The summed E-state index contributed by atoms with van der Waals surface area (Å²) in [4.78, 5) is 13.6. The summed E-state index contributed by atoms with van der Waals surface area (Å²) in [7, 11) is 0. The van der Waals surface area contributed by atoms with Gasteiger partial charge < -0.3 is 14.6 Å². The molecule has 4 rings (SSSR count). The molecule has 196 valence electrons. The van der Waals surface area contributed by atoms with Crippen molar-refractivity contribution in [2.24, 2.45) is 5.92 Å². The van der Waals surface area contributed by atoms with Crippen LogP contribution < -0.4 is 9.47 Å². The van der Waals surface area contributed by atoms with Crippen LogP contribution in [0.5, 0.6) is 11.5 Å². The van der Waals surface area contributed by atoms with Gasteiger partial charge in [0.05, 0.1) is 24.1 Å². The Morgan fingerprint density at radius 3 is 2.19 bits per heavy atom. The van der Waals surface area contributed by atoms with Gasteiger partial charge in [-0.2, -0.15) is 13.2 Å². The van der Waals surface area contributed by atoms with Crippen molar-refractivity contribution < 1.29 is 32.5 Å². The summed E-state index contributed by atoms with van der Waals surface area (Å²) in [5.41, 5.74) is 1.84. The van der Waals surface area contributed by atoms with E-state index in [1.165, 1.54) is 12.1 Å². The molecule has 1 heterocycles. The molecule has 0 aromatic heterocycles. The first kappa shape index (κ1) is 26.5. The zero-order valence-electron chi connectivity index (χ0n) is 20.6. The lowest BCUT2D eigenvalue weighted by atomic mass is 9.91. The maximum Gasteiger partial charge on any atom is 0.416 e. The largest absolute Gasteiger partial charge is 0.490 e. The molecule has 1 fully saturated rings. The predicted molar refractivity (Wildman–Crippen MR) is 134 cm³/mol. The second-order valence-corrected chi connectivity index (χ2v) is 9.08. The average Bonchev–Trinajstić information content (AvgIpc) is 2.89. The first-order valence-corrected chi connectivity index (χ1v) is 12.3. The molecule has 0 amide bonds. The molecular weight excluding hydrogens is 483 g/mol. The maximum atomic E-state index is 13.2. The summed E-state index contributed by atoms with van der Waals surface area (Å²) in [5, 5.41) is 9.41. The molecule has 8 heteroatoms. The minimum Gasteiger partial charge on any atom is -0.490 e. The fraction of sp³-hybridized carbons (Fsp3) is 0.345. The van der Waals surface area contributed by atoms with Crippen LogP contribution in [0.3, 0.4) is 0 Å². The zero-order valence-corrected chi connectivity index (χ0v) is 20.6. The van der Waals surface area contributed by atoms with Gasteiger partial charge in [-0.15, -0.1) is 0 Å². The number of halogens is 3. The highest BCUT2D eigenvalue weighted by molar-refractivity contribution is 5.70. The molecule has 1 atom stereocenters. The van der Waals surface area contributed by atoms with Crippen molar-refractivity contribution in [3.05, 3.63) is 95.1 Å². The number of carbonyl (C=O) groups is 1. The van der Waals surface area contributed by atoms with Crippen LogP contribution in [0, 0.1) is 5.92 Å². The molecule has 3 aromatic carbocycles. The average molecular weight is 514 g/mol. The van der Waals surface area contributed by atoms with Gasteiger partial charge in [0, 0.05) is 0 Å². The van der Waals surface area contributed by atoms with Crippen LogP contribution in [-0.2, 0) is 17.6 Å². The molecule has 1 aliphatic rings. The molecular formula is C29H30F3NO4. The molecule has 0 saturated carbocycles. The minimum atomic E-state index is -4.42. The van der Waals surface area contributed by atoms with Crippen LogP contribution in [0.25, 0.3) is 0 Å². The van der Waals surface area contributed by atoms with E-state index in [0.29, 0.717) is 56.2 Å². The molecule has 1 aliphatic heterocycles.